The van der Waals surface area contributed by atoms with Crippen LogP contribution in [0.25, 0.3) is 5.70 Å². The minimum atomic E-state index is -4.88. The van der Waals surface area contributed by atoms with Crippen molar-refractivity contribution in [2.24, 2.45) is 5.73 Å². The van der Waals surface area contributed by atoms with Gasteiger partial charge >= 0.3 is 6.18 Å². The van der Waals surface area contributed by atoms with E-state index in [1.54, 1.807) is 0 Å². The Bertz CT molecular complexity index is 962. The van der Waals surface area contributed by atoms with E-state index in [0.717, 1.165) is 24.3 Å². The van der Waals surface area contributed by atoms with Crippen LogP contribution in [0.1, 0.15) is 16.7 Å². The van der Waals surface area contributed by atoms with Crippen molar-refractivity contribution in [2.75, 3.05) is 0 Å². The van der Waals surface area contributed by atoms with Crippen LogP contribution in [0.15, 0.2) is 42.5 Å². The summed E-state index contributed by atoms with van der Waals surface area (Å²) in [5.74, 6) is 0. The van der Waals surface area contributed by atoms with Crippen molar-refractivity contribution in [1.29, 1.82) is 0 Å². The molecule has 148 valence electrons. The molecule has 2 aromatic carbocycles. The molecule has 0 fully saturated rings. The molecular formula is C17H12Cl2F3N3O3. The van der Waals surface area contributed by atoms with Crippen molar-refractivity contribution in [3.8, 4) is 0 Å². The van der Waals surface area contributed by atoms with Gasteiger partial charge in [0.05, 0.1) is 10.6 Å². The third-order valence-corrected chi connectivity index (χ3v) is 4.63. The molecule has 0 saturated heterocycles. The molecule has 0 aromatic heterocycles. The third kappa shape index (κ3) is 3.53. The predicted molar refractivity (Wildman–Crippen MR) is 97.4 cm³/mol. The van der Waals surface area contributed by atoms with E-state index in [9.17, 15) is 23.3 Å². The number of hydrogen-bond donors (Lipinski definition) is 2. The highest BCUT2D eigenvalue weighted by atomic mass is 35.5. The molecule has 0 bridgehead atoms. The summed E-state index contributed by atoms with van der Waals surface area (Å²) in [5.41, 5.74) is 4.43. The molecule has 0 radical (unpaired) electrons. The van der Waals surface area contributed by atoms with Crippen LogP contribution in [0.5, 0.6) is 0 Å². The Morgan fingerprint density at radius 3 is 2.36 bits per heavy atom. The first-order valence-corrected chi connectivity index (χ1v) is 8.51. The van der Waals surface area contributed by atoms with Crippen LogP contribution in [0.3, 0.4) is 0 Å². The fraction of sp³-hybridized carbons (Fsp3) is 0.176. The van der Waals surface area contributed by atoms with Gasteiger partial charge in [0.25, 0.3) is 5.69 Å². The van der Waals surface area contributed by atoms with Crippen molar-refractivity contribution in [3.63, 3.8) is 0 Å². The first kappa shape index (κ1) is 20.4. The summed E-state index contributed by atoms with van der Waals surface area (Å²) in [4.78, 5) is 15.5. The molecule has 0 spiro atoms. The standard InChI is InChI=1S/C17H12Cl2F3N3O3/c18-12-4-11(5-13(19)6-12)16(17(20,21)22)7-14(24-28-16)9-1-2-10(8-23)15(3-9)25(26)27/h1-7,24H,8,23H2. The topological polar surface area (TPSA) is 90.4 Å². The number of halogens is 5. The van der Waals surface area contributed by atoms with Crippen molar-refractivity contribution >= 4 is 34.6 Å². The molecule has 1 unspecified atom stereocenters. The molecular weight excluding hydrogens is 422 g/mol. The largest absolute Gasteiger partial charge is 0.428 e. The highest BCUT2D eigenvalue weighted by Crippen LogP contribution is 2.48. The van der Waals surface area contributed by atoms with Crippen LogP contribution >= 0.6 is 23.2 Å². The summed E-state index contributed by atoms with van der Waals surface area (Å²) in [7, 11) is 0. The highest BCUT2D eigenvalue weighted by Gasteiger charge is 2.59. The maximum Gasteiger partial charge on any atom is 0.428 e. The average molecular weight is 434 g/mol. The van der Waals surface area contributed by atoms with Crippen molar-refractivity contribution in [2.45, 2.75) is 18.3 Å². The lowest BCUT2D eigenvalue weighted by Crippen LogP contribution is -2.42. The molecule has 0 saturated carbocycles. The predicted octanol–water partition coefficient (Wildman–Crippen LogP) is 4.69. The number of alkyl halides is 3. The van der Waals surface area contributed by atoms with E-state index in [-0.39, 0.29) is 44.7 Å². The SMILES string of the molecule is NCc1ccc(C2=CC(c3cc(Cl)cc(Cl)c3)(C(F)(F)F)ON2)cc1[N+](=O)[O-]. The molecule has 1 aliphatic heterocycles. The zero-order valence-electron chi connectivity index (χ0n) is 13.9. The van der Waals surface area contributed by atoms with Gasteiger partial charge in [-0.15, -0.1) is 0 Å². The quantitative estimate of drug-likeness (QED) is 0.538. The van der Waals surface area contributed by atoms with Crippen molar-refractivity contribution in [3.05, 3.63) is 79.3 Å². The fourth-order valence-corrected chi connectivity index (χ4v) is 3.35. The van der Waals surface area contributed by atoms with Gasteiger partial charge in [0.1, 0.15) is 0 Å². The summed E-state index contributed by atoms with van der Waals surface area (Å²) in [6, 6.07) is 7.37. The molecule has 11 heteroatoms. The second-order valence-electron chi connectivity index (χ2n) is 5.96. The molecule has 1 heterocycles. The van der Waals surface area contributed by atoms with Gasteiger partial charge in [0, 0.05) is 39.3 Å². The summed E-state index contributed by atoms with van der Waals surface area (Å²) in [6.45, 7) is -0.0902. The number of nitro groups is 1. The number of hydroxylamine groups is 1. The van der Waals surface area contributed by atoms with Gasteiger partial charge < -0.3 is 5.73 Å². The highest BCUT2D eigenvalue weighted by molar-refractivity contribution is 6.34. The number of nitrogens with one attached hydrogen (secondary N) is 1. The second-order valence-corrected chi connectivity index (χ2v) is 6.83. The Labute approximate surface area is 166 Å². The molecule has 0 aliphatic carbocycles. The molecule has 2 aromatic rings. The van der Waals surface area contributed by atoms with Gasteiger partial charge in [0.15, 0.2) is 0 Å². The Morgan fingerprint density at radius 2 is 1.82 bits per heavy atom. The monoisotopic (exact) mass is 433 g/mol. The van der Waals surface area contributed by atoms with Gasteiger partial charge in [-0.1, -0.05) is 35.3 Å². The summed E-state index contributed by atoms with van der Waals surface area (Å²) in [6.07, 6.45) is -4.09. The van der Waals surface area contributed by atoms with E-state index in [4.69, 9.17) is 33.8 Å². The van der Waals surface area contributed by atoms with Gasteiger partial charge in [-0.3, -0.25) is 20.4 Å². The van der Waals surface area contributed by atoms with Gasteiger partial charge in [-0.25, -0.2) is 0 Å². The number of hydrogen-bond acceptors (Lipinski definition) is 5. The van der Waals surface area contributed by atoms with Gasteiger partial charge in [-0.05, 0) is 24.3 Å². The van der Waals surface area contributed by atoms with Crippen LogP contribution in [-0.4, -0.2) is 11.1 Å². The van der Waals surface area contributed by atoms with E-state index in [1.807, 2.05) is 0 Å². The zero-order chi connectivity index (χ0) is 20.7. The van der Waals surface area contributed by atoms with Crippen LogP contribution in [0, 0.1) is 10.1 Å². The minimum Gasteiger partial charge on any atom is -0.326 e. The molecule has 1 aliphatic rings. The Kier molecular flexibility index (Phi) is 5.28. The summed E-state index contributed by atoms with van der Waals surface area (Å²) < 4.78 is 41.9. The van der Waals surface area contributed by atoms with Gasteiger partial charge in [-0.2, -0.15) is 13.2 Å². The number of nitrogens with two attached hydrogens (primary N) is 1. The summed E-state index contributed by atoms with van der Waals surface area (Å²) >= 11 is 11.7. The maximum absolute atomic E-state index is 14.0. The normalized spacial score (nSPS) is 19.3. The third-order valence-electron chi connectivity index (χ3n) is 4.20. The average Bonchev–Trinajstić information content (AvgIpc) is 3.07. The number of rotatable bonds is 4. The lowest BCUT2D eigenvalue weighted by molar-refractivity contribution is -0.385. The van der Waals surface area contributed by atoms with Crippen molar-refractivity contribution in [1.82, 2.24) is 5.48 Å². The van der Waals surface area contributed by atoms with Crippen LogP contribution < -0.4 is 11.2 Å². The van der Waals surface area contributed by atoms with E-state index < -0.39 is 16.7 Å². The molecule has 3 N–H and O–H groups in total. The first-order valence-electron chi connectivity index (χ1n) is 7.75. The molecule has 28 heavy (non-hydrogen) atoms. The number of nitro benzene ring substituents is 1. The zero-order valence-corrected chi connectivity index (χ0v) is 15.4. The minimum absolute atomic E-state index is 0.000452. The van der Waals surface area contributed by atoms with Crippen LogP contribution in [-0.2, 0) is 17.0 Å². The number of benzene rings is 2. The Morgan fingerprint density at radius 1 is 1.18 bits per heavy atom. The second kappa shape index (κ2) is 7.25. The summed E-state index contributed by atoms with van der Waals surface area (Å²) in [5, 5.41) is 11.2. The van der Waals surface area contributed by atoms with E-state index in [1.165, 1.54) is 18.2 Å². The smallest absolute Gasteiger partial charge is 0.326 e. The van der Waals surface area contributed by atoms with Crippen LogP contribution in [0.2, 0.25) is 10.0 Å². The number of nitrogens with zero attached hydrogens (tertiary/aromatic N) is 1. The molecule has 0 amide bonds. The van der Waals surface area contributed by atoms with Crippen LogP contribution in [0.4, 0.5) is 18.9 Å². The lowest BCUT2D eigenvalue weighted by Gasteiger charge is -2.28. The fourth-order valence-electron chi connectivity index (χ4n) is 2.83. The lowest BCUT2D eigenvalue weighted by atomic mass is 9.91. The van der Waals surface area contributed by atoms with Gasteiger partial charge in [0.2, 0.25) is 5.60 Å². The molecule has 6 nitrogen and oxygen atoms in total. The Balaban J connectivity index is 2.15. The molecule has 1 atom stereocenters. The van der Waals surface area contributed by atoms with Crippen molar-refractivity contribution < 1.29 is 22.9 Å². The van der Waals surface area contributed by atoms with E-state index in [2.05, 4.69) is 5.48 Å². The van der Waals surface area contributed by atoms with E-state index >= 15 is 0 Å². The Hall–Kier alpha value is -2.33. The maximum atomic E-state index is 14.0. The van der Waals surface area contributed by atoms with E-state index in [0.29, 0.717) is 0 Å². The first-order chi connectivity index (χ1) is 13.1. The molecule has 3 rings (SSSR count).